The topological polar surface area (TPSA) is 40.7 Å². The first-order valence-corrected chi connectivity index (χ1v) is 5.18. The fourth-order valence-electron chi connectivity index (χ4n) is 1.76. The minimum Gasteiger partial charge on any atom is -0.348 e. The monoisotopic (exact) mass is 209 g/mol. The molecule has 3 heteroatoms. The summed E-state index contributed by atoms with van der Waals surface area (Å²) in [5.74, 6) is 0.971. The number of hydrogen-bond acceptors (Lipinski definition) is 2. The molecule has 16 heavy (non-hydrogen) atoms. The van der Waals surface area contributed by atoms with E-state index in [2.05, 4.69) is 27.4 Å². The molecule has 0 saturated carbocycles. The van der Waals surface area contributed by atoms with Gasteiger partial charge in [0.05, 0.1) is 11.2 Å². The number of para-hydroxylation sites is 1. The predicted molar refractivity (Wildman–Crippen MR) is 65.8 cm³/mol. The van der Waals surface area contributed by atoms with Crippen LogP contribution in [0.3, 0.4) is 0 Å². The number of fused-ring (bicyclic) bond motifs is 1. The first-order chi connectivity index (χ1) is 7.93. The number of pyridine rings is 1. The van der Waals surface area contributed by atoms with Crippen LogP contribution in [0.15, 0.2) is 54.9 Å². The van der Waals surface area contributed by atoms with Gasteiger partial charge in [0.2, 0.25) is 0 Å². The van der Waals surface area contributed by atoms with Crippen LogP contribution in [0.2, 0.25) is 0 Å². The molecular formula is C13H11N3. The molecule has 0 amide bonds. The van der Waals surface area contributed by atoms with Crippen molar-refractivity contribution < 1.29 is 0 Å². The van der Waals surface area contributed by atoms with Crippen molar-refractivity contribution in [2.24, 2.45) is 0 Å². The van der Waals surface area contributed by atoms with E-state index in [1.54, 1.807) is 0 Å². The molecule has 0 aliphatic carbocycles. The summed E-state index contributed by atoms with van der Waals surface area (Å²) >= 11 is 0. The van der Waals surface area contributed by atoms with Gasteiger partial charge in [-0.3, -0.25) is 4.98 Å². The first kappa shape index (κ1) is 8.97. The largest absolute Gasteiger partial charge is 0.348 e. The van der Waals surface area contributed by atoms with E-state index in [0.29, 0.717) is 0 Å². The van der Waals surface area contributed by atoms with Crippen molar-refractivity contribution in [3.05, 3.63) is 54.9 Å². The molecule has 3 rings (SSSR count). The third-order valence-corrected chi connectivity index (χ3v) is 2.50. The quantitative estimate of drug-likeness (QED) is 0.679. The number of aromatic nitrogens is 2. The molecule has 3 nitrogen and oxygen atoms in total. The van der Waals surface area contributed by atoms with E-state index in [0.717, 1.165) is 22.4 Å². The molecule has 2 N–H and O–H groups in total. The number of benzene rings is 1. The highest BCUT2D eigenvalue weighted by atomic mass is 15.0. The summed E-state index contributed by atoms with van der Waals surface area (Å²) in [6.45, 7) is 0. The van der Waals surface area contributed by atoms with E-state index >= 15 is 0 Å². The number of nitrogens with one attached hydrogen (secondary N) is 2. The number of aromatic amines is 1. The highest BCUT2D eigenvalue weighted by Crippen LogP contribution is 2.23. The standard InChI is InChI=1S/C13H11N3/c1-4-10-5-2-9-15-13(10)11(6-1)16-12-7-3-8-14-12/h1-9,14,16H. The van der Waals surface area contributed by atoms with Crippen LogP contribution in [0.4, 0.5) is 11.5 Å². The fraction of sp³-hybridized carbons (Fsp3) is 0. The highest BCUT2D eigenvalue weighted by molar-refractivity contribution is 5.91. The van der Waals surface area contributed by atoms with Gasteiger partial charge in [-0.05, 0) is 24.3 Å². The van der Waals surface area contributed by atoms with Crippen molar-refractivity contribution in [1.29, 1.82) is 0 Å². The molecular weight excluding hydrogens is 198 g/mol. The number of hydrogen-bond donors (Lipinski definition) is 2. The summed E-state index contributed by atoms with van der Waals surface area (Å²) < 4.78 is 0. The summed E-state index contributed by atoms with van der Waals surface area (Å²) in [6, 6.07) is 14.1. The summed E-state index contributed by atoms with van der Waals surface area (Å²) in [5, 5.41) is 4.45. The molecule has 0 atom stereocenters. The van der Waals surface area contributed by atoms with Gasteiger partial charge in [0.1, 0.15) is 5.82 Å². The lowest BCUT2D eigenvalue weighted by molar-refractivity contribution is 1.36. The summed E-state index contributed by atoms with van der Waals surface area (Å²) in [7, 11) is 0. The maximum Gasteiger partial charge on any atom is 0.107 e. The molecule has 0 fully saturated rings. The smallest absolute Gasteiger partial charge is 0.107 e. The molecule has 1 aromatic carbocycles. The number of anilines is 2. The van der Waals surface area contributed by atoms with Gasteiger partial charge in [0, 0.05) is 17.8 Å². The van der Waals surface area contributed by atoms with E-state index in [-0.39, 0.29) is 0 Å². The highest BCUT2D eigenvalue weighted by Gasteiger charge is 2.01. The van der Waals surface area contributed by atoms with Crippen LogP contribution in [0.5, 0.6) is 0 Å². The van der Waals surface area contributed by atoms with Crippen LogP contribution in [0.25, 0.3) is 10.9 Å². The predicted octanol–water partition coefficient (Wildman–Crippen LogP) is 3.31. The van der Waals surface area contributed by atoms with Crippen LogP contribution in [-0.2, 0) is 0 Å². The second-order valence-corrected chi connectivity index (χ2v) is 3.59. The van der Waals surface area contributed by atoms with E-state index in [1.165, 1.54) is 0 Å². The Labute approximate surface area is 93.1 Å². The molecule has 0 unspecified atom stereocenters. The molecule has 0 spiro atoms. The third kappa shape index (κ3) is 1.52. The average molecular weight is 209 g/mol. The fourth-order valence-corrected chi connectivity index (χ4v) is 1.76. The van der Waals surface area contributed by atoms with Gasteiger partial charge in [-0.25, -0.2) is 0 Å². The van der Waals surface area contributed by atoms with E-state index < -0.39 is 0 Å². The van der Waals surface area contributed by atoms with Crippen LogP contribution in [0, 0.1) is 0 Å². The summed E-state index contributed by atoms with van der Waals surface area (Å²) in [6.07, 6.45) is 3.70. The first-order valence-electron chi connectivity index (χ1n) is 5.18. The Morgan fingerprint density at radius 1 is 1.00 bits per heavy atom. The summed E-state index contributed by atoms with van der Waals surface area (Å²) in [4.78, 5) is 7.50. The molecule has 2 aromatic heterocycles. The van der Waals surface area contributed by atoms with Crippen molar-refractivity contribution >= 4 is 22.4 Å². The van der Waals surface area contributed by atoms with Crippen LogP contribution in [0.1, 0.15) is 0 Å². The third-order valence-electron chi connectivity index (χ3n) is 2.50. The normalized spacial score (nSPS) is 10.5. The Bertz CT molecular complexity index is 594. The zero-order chi connectivity index (χ0) is 10.8. The van der Waals surface area contributed by atoms with Crippen LogP contribution >= 0.6 is 0 Å². The van der Waals surface area contributed by atoms with Crippen molar-refractivity contribution in [2.45, 2.75) is 0 Å². The number of H-pyrrole nitrogens is 1. The van der Waals surface area contributed by atoms with Gasteiger partial charge in [0.25, 0.3) is 0 Å². The lowest BCUT2D eigenvalue weighted by atomic mass is 10.2. The number of rotatable bonds is 2. The van der Waals surface area contributed by atoms with Crippen molar-refractivity contribution in [3.63, 3.8) is 0 Å². The maximum absolute atomic E-state index is 4.39. The minimum absolute atomic E-state index is 0.971. The molecule has 0 bridgehead atoms. The van der Waals surface area contributed by atoms with Crippen LogP contribution < -0.4 is 5.32 Å². The second-order valence-electron chi connectivity index (χ2n) is 3.59. The average Bonchev–Trinajstić information content (AvgIpc) is 2.82. The van der Waals surface area contributed by atoms with Crippen LogP contribution in [-0.4, -0.2) is 9.97 Å². The van der Waals surface area contributed by atoms with Crippen molar-refractivity contribution in [2.75, 3.05) is 5.32 Å². The molecule has 3 aromatic rings. The second kappa shape index (κ2) is 3.70. The lowest BCUT2D eigenvalue weighted by Crippen LogP contribution is -1.92. The van der Waals surface area contributed by atoms with Crippen molar-refractivity contribution in [1.82, 2.24) is 9.97 Å². The zero-order valence-electron chi connectivity index (χ0n) is 8.64. The van der Waals surface area contributed by atoms with Gasteiger partial charge in [-0.15, -0.1) is 0 Å². The molecule has 0 aliphatic heterocycles. The van der Waals surface area contributed by atoms with Gasteiger partial charge >= 0.3 is 0 Å². The molecule has 0 radical (unpaired) electrons. The minimum atomic E-state index is 0.971. The SMILES string of the molecule is c1c[nH]c(Nc2cccc3cccnc23)c1. The van der Waals surface area contributed by atoms with E-state index in [9.17, 15) is 0 Å². The summed E-state index contributed by atoms with van der Waals surface area (Å²) in [5.41, 5.74) is 2.00. The van der Waals surface area contributed by atoms with E-state index in [4.69, 9.17) is 0 Å². The zero-order valence-corrected chi connectivity index (χ0v) is 8.64. The molecule has 0 aliphatic rings. The number of nitrogens with zero attached hydrogens (tertiary/aromatic N) is 1. The van der Waals surface area contributed by atoms with Crippen molar-refractivity contribution in [3.8, 4) is 0 Å². The Kier molecular flexibility index (Phi) is 2.07. The molecule has 0 saturated heterocycles. The molecule has 2 heterocycles. The lowest BCUT2D eigenvalue weighted by Gasteiger charge is -2.06. The van der Waals surface area contributed by atoms with Gasteiger partial charge in [-0.2, -0.15) is 0 Å². The Morgan fingerprint density at radius 2 is 1.94 bits per heavy atom. The Hall–Kier alpha value is -2.29. The Morgan fingerprint density at radius 3 is 2.81 bits per heavy atom. The maximum atomic E-state index is 4.39. The molecule has 78 valence electrons. The van der Waals surface area contributed by atoms with Gasteiger partial charge < -0.3 is 10.3 Å². The van der Waals surface area contributed by atoms with Gasteiger partial charge in [0.15, 0.2) is 0 Å². The Balaban J connectivity index is 2.10. The van der Waals surface area contributed by atoms with Gasteiger partial charge in [-0.1, -0.05) is 18.2 Å². The van der Waals surface area contributed by atoms with E-state index in [1.807, 2.05) is 42.7 Å².